The number of hydrogen-bond donors (Lipinski definition) is 3. The van der Waals surface area contributed by atoms with Crippen LogP contribution in [0, 0.1) is 11.8 Å². The summed E-state index contributed by atoms with van der Waals surface area (Å²) >= 11 is 0. The molecule has 0 radical (unpaired) electrons. The van der Waals surface area contributed by atoms with E-state index in [-0.39, 0.29) is 16.6 Å². The molecule has 3 N–H and O–H groups in total. The molecule has 7 nitrogen and oxygen atoms in total. The second-order valence-corrected chi connectivity index (χ2v) is 7.30. The first kappa shape index (κ1) is 15.0. The lowest BCUT2D eigenvalue weighted by Gasteiger charge is -2.31. The molecule has 0 aromatic carbocycles. The van der Waals surface area contributed by atoms with Crippen molar-refractivity contribution >= 4 is 16.0 Å². The van der Waals surface area contributed by atoms with Crippen LogP contribution in [-0.4, -0.2) is 35.7 Å². The van der Waals surface area contributed by atoms with Crippen LogP contribution in [-0.2, 0) is 10.0 Å². The first-order valence-corrected chi connectivity index (χ1v) is 8.07. The highest BCUT2D eigenvalue weighted by Gasteiger charge is 2.31. The number of rotatable bonds is 4. The lowest BCUT2D eigenvalue weighted by atomic mass is 9.81. The predicted octanol–water partition coefficient (Wildman–Crippen LogP) is 1.21. The van der Waals surface area contributed by atoms with Crippen molar-refractivity contribution < 1.29 is 18.3 Å². The van der Waals surface area contributed by atoms with Crippen LogP contribution in [0.3, 0.4) is 0 Å². The molecule has 0 amide bonds. The van der Waals surface area contributed by atoms with Gasteiger partial charge in [-0.15, -0.1) is 0 Å². The molecule has 0 bridgehead atoms. The Morgan fingerprint density at radius 2 is 1.95 bits per heavy atom. The summed E-state index contributed by atoms with van der Waals surface area (Å²) in [7, 11) is -3.89. The molecular formula is C12H19N3O4S. The Labute approximate surface area is 117 Å². The van der Waals surface area contributed by atoms with E-state index in [1.807, 2.05) is 0 Å². The van der Waals surface area contributed by atoms with E-state index in [1.54, 1.807) is 0 Å². The molecule has 2 atom stereocenters. The van der Waals surface area contributed by atoms with Crippen LogP contribution in [0.2, 0.25) is 0 Å². The summed E-state index contributed by atoms with van der Waals surface area (Å²) < 4.78 is 27.1. The van der Waals surface area contributed by atoms with E-state index in [2.05, 4.69) is 28.8 Å². The maximum atomic E-state index is 12.3. The summed E-state index contributed by atoms with van der Waals surface area (Å²) in [4.78, 5) is 11.0. The lowest BCUT2D eigenvalue weighted by Crippen LogP contribution is -2.40. The van der Waals surface area contributed by atoms with E-state index in [9.17, 15) is 13.2 Å². The van der Waals surface area contributed by atoms with Gasteiger partial charge in [0, 0.05) is 6.04 Å². The molecule has 1 saturated carbocycles. The summed E-state index contributed by atoms with van der Waals surface area (Å²) in [5.41, 5.74) is -0.339. The van der Waals surface area contributed by atoms with Gasteiger partial charge in [0.15, 0.2) is 5.03 Å². The summed E-state index contributed by atoms with van der Waals surface area (Å²) in [5, 5.41) is 14.3. The van der Waals surface area contributed by atoms with Crippen LogP contribution < -0.4 is 4.72 Å². The molecule has 1 aliphatic carbocycles. The third-order valence-electron chi connectivity index (χ3n) is 3.60. The van der Waals surface area contributed by atoms with Crippen molar-refractivity contribution in [2.45, 2.75) is 44.2 Å². The van der Waals surface area contributed by atoms with Crippen molar-refractivity contribution in [1.29, 1.82) is 0 Å². The van der Waals surface area contributed by atoms with Crippen molar-refractivity contribution in [2.75, 3.05) is 0 Å². The minimum atomic E-state index is -3.89. The van der Waals surface area contributed by atoms with Gasteiger partial charge in [-0.2, -0.15) is 5.10 Å². The maximum absolute atomic E-state index is 12.3. The smallest absolute Gasteiger partial charge is 0.340 e. The van der Waals surface area contributed by atoms with Gasteiger partial charge >= 0.3 is 5.97 Å². The number of carboxylic acid groups (broad SMARTS) is 1. The standard InChI is InChI=1S/C12H19N3O4S/c1-7-3-8(2)5-9(4-7)15-20(18,19)11-10(12(16)17)6-13-14-11/h6-9,15H,3-5H2,1-2H3,(H,13,14)(H,16,17). The van der Waals surface area contributed by atoms with Crippen molar-refractivity contribution in [3.8, 4) is 0 Å². The summed E-state index contributed by atoms with van der Waals surface area (Å²) in [6, 6.07) is -0.163. The Kier molecular flexibility index (Phi) is 4.14. The number of hydrogen-bond acceptors (Lipinski definition) is 4. The highest BCUT2D eigenvalue weighted by molar-refractivity contribution is 7.89. The number of aromatic nitrogens is 2. The summed E-state index contributed by atoms with van der Waals surface area (Å²) in [5.74, 6) is -0.413. The lowest BCUT2D eigenvalue weighted by molar-refractivity contribution is 0.0692. The highest BCUT2D eigenvalue weighted by atomic mass is 32.2. The normalized spacial score (nSPS) is 27.4. The average Bonchev–Trinajstić information content (AvgIpc) is 2.75. The average molecular weight is 301 g/mol. The van der Waals surface area contributed by atoms with Crippen LogP contribution in [0.4, 0.5) is 0 Å². The topological polar surface area (TPSA) is 112 Å². The number of aromatic amines is 1. The number of sulfonamides is 1. The third-order valence-corrected chi connectivity index (χ3v) is 5.10. The van der Waals surface area contributed by atoms with Gasteiger partial charge in [0.1, 0.15) is 5.56 Å². The molecule has 0 aliphatic heterocycles. The van der Waals surface area contributed by atoms with E-state index in [4.69, 9.17) is 5.11 Å². The maximum Gasteiger partial charge on any atom is 0.340 e. The minimum absolute atomic E-state index is 0.163. The van der Waals surface area contributed by atoms with Gasteiger partial charge in [-0.25, -0.2) is 17.9 Å². The number of aromatic carboxylic acids is 1. The molecule has 8 heteroatoms. The molecule has 1 aliphatic rings. The quantitative estimate of drug-likeness (QED) is 0.774. The zero-order valence-electron chi connectivity index (χ0n) is 11.5. The van der Waals surface area contributed by atoms with Gasteiger partial charge in [0.25, 0.3) is 10.0 Å². The third kappa shape index (κ3) is 3.18. The van der Waals surface area contributed by atoms with Gasteiger partial charge in [-0.1, -0.05) is 13.8 Å². The SMILES string of the molecule is CC1CC(C)CC(NS(=O)(=O)c2[nH]ncc2C(=O)O)C1. The monoisotopic (exact) mass is 301 g/mol. The Morgan fingerprint density at radius 1 is 1.35 bits per heavy atom. The predicted molar refractivity (Wildman–Crippen MR) is 71.8 cm³/mol. The van der Waals surface area contributed by atoms with Gasteiger partial charge in [0.05, 0.1) is 6.20 Å². The summed E-state index contributed by atoms with van der Waals surface area (Å²) in [6.45, 7) is 4.19. The molecule has 1 aromatic heterocycles. The van der Waals surface area contributed by atoms with E-state index in [0.717, 1.165) is 25.5 Å². The second kappa shape index (κ2) is 5.53. The first-order valence-electron chi connectivity index (χ1n) is 6.58. The number of nitrogens with zero attached hydrogens (tertiary/aromatic N) is 1. The second-order valence-electron chi connectivity index (χ2n) is 5.65. The van der Waals surface area contributed by atoms with Crippen LogP contribution in [0.25, 0.3) is 0 Å². The van der Waals surface area contributed by atoms with E-state index in [1.165, 1.54) is 0 Å². The van der Waals surface area contributed by atoms with Crippen molar-refractivity contribution in [2.24, 2.45) is 11.8 Å². The number of H-pyrrole nitrogens is 1. The Bertz CT molecular complexity index is 586. The van der Waals surface area contributed by atoms with Crippen molar-refractivity contribution in [3.05, 3.63) is 11.8 Å². The van der Waals surface area contributed by atoms with Crippen molar-refractivity contribution in [3.63, 3.8) is 0 Å². The molecule has 1 fully saturated rings. The zero-order valence-corrected chi connectivity index (χ0v) is 12.3. The zero-order chi connectivity index (χ0) is 14.9. The molecule has 1 aromatic rings. The first-order chi connectivity index (χ1) is 9.29. The Balaban J connectivity index is 2.19. The van der Waals surface area contributed by atoms with E-state index >= 15 is 0 Å². The number of carbonyl (C=O) groups is 1. The van der Waals surface area contributed by atoms with Crippen LogP contribution in [0.15, 0.2) is 11.2 Å². The number of nitrogens with one attached hydrogen (secondary N) is 2. The fourth-order valence-corrected chi connectivity index (χ4v) is 4.30. The van der Waals surface area contributed by atoms with Gasteiger partial charge in [0.2, 0.25) is 0 Å². The molecular weight excluding hydrogens is 282 g/mol. The van der Waals surface area contributed by atoms with Crippen LogP contribution in [0.5, 0.6) is 0 Å². The Hall–Kier alpha value is -1.41. The summed E-state index contributed by atoms with van der Waals surface area (Å²) in [6.07, 6.45) is 3.62. The molecule has 0 saturated heterocycles. The molecule has 0 spiro atoms. The molecule has 2 unspecified atom stereocenters. The molecule has 1 heterocycles. The Morgan fingerprint density at radius 3 is 2.50 bits per heavy atom. The van der Waals surface area contributed by atoms with Gasteiger partial charge in [-0.3, -0.25) is 5.10 Å². The van der Waals surface area contributed by atoms with Crippen molar-refractivity contribution in [1.82, 2.24) is 14.9 Å². The van der Waals surface area contributed by atoms with Crippen LogP contribution in [0.1, 0.15) is 43.5 Å². The van der Waals surface area contributed by atoms with Gasteiger partial charge < -0.3 is 5.11 Å². The van der Waals surface area contributed by atoms with E-state index in [0.29, 0.717) is 11.8 Å². The van der Waals surface area contributed by atoms with Gasteiger partial charge in [-0.05, 0) is 31.1 Å². The minimum Gasteiger partial charge on any atom is -0.478 e. The fraction of sp³-hybridized carbons (Fsp3) is 0.667. The van der Waals surface area contributed by atoms with E-state index < -0.39 is 16.0 Å². The molecule has 112 valence electrons. The fourth-order valence-electron chi connectivity index (χ4n) is 2.95. The molecule has 20 heavy (non-hydrogen) atoms. The van der Waals surface area contributed by atoms with Crippen LogP contribution >= 0.6 is 0 Å². The largest absolute Gasteiger partial charge is 0.478 e. The number of carboxylic acids is 1. The molecule has 2 rings (SSSR count). The highest BCUT2D eigenvalue weighted by Crippen LogP contribution is 2.29.